The number of rotatable bonds is 26. The highest BCUT2D eigenvalue weighted by atomic mass is 16.3. The predicted molar refractivity (Wildman–Crippen MR) is 161 cm³/mol. The molecule has 0 aromatic rings. The van der Waals surface area contributed by atoms with Gasteiger partial charge in [-0.1, -0.05) is 114 Å². The normalized spacial score (nSPS) is 13.9. The number of hydrogen-bond acceptors (Lipinski definition) is 3. The van der Waals surface area contributed by atoms with Gasteiger partial charge in [-0.15, -0.1) is 0 Å². The van der Waals surface area contributed by atoms with Crippen molar-refractivity contribution in [3.63, 3.8) is 0 Å². The number of unbranched alkanes of at least 4 members (excludes halogenated alkanes) is 13. The van der Waals surface area contributed by atoms with Gasteiger partial charge in [-0.3, -0.25) is 4.79 Å². The van der Waals surface area contributed by atoms with E-state index in [1.165, 1.54) is 64.2 Å². The van der Waals surface area contributed by atoms with Gasteiger partial charge in [0, 0.05) is 6.42 Å². The van der Waals surface area contributed by atoms with Crippen LogP contribution in [-0.2, 0) is 4.79 Å². The summed E-state index contributed by atoms with van der Waals surface area (Å²) in [5.41, 5.74) is 0. The smallest absolute Gasteiger partial charge is 0.220 e. The standard InChI is InChI=1S/C33H59NO3/c1-3-5-7-9-11-13-15-17-19-21-23-25-27-29-33(37)34-31(30-35)32(36)28-26-24-22-20-18-16-14-12-10-8-6-4-2/h10,12-13,15,18,20,26,28,31-32,35-36H,3-9,11,14,16-17,19,21-25,27,29-30H2,1-2H3,(H,34,37)/b12-10+,15-13-,20-18+,28-26+. The second kappa shape index (κ2) is 28.9. The summed E-state index contributed by atoms with van der Waals surface area (Å²) in [5.74, 6) is -0.0933. The highest BCUT2D eigenvalue weighted by Crippen LogP contribution is 2.09. The van der Waals surface area contributed by atoms with Crippen LogP contribution in [0, 0.1) is 0 Å². The van der Waals surface area contributed by atoms with Gasteiger partial charge in [-0.05, 0) is 64.2 Å². The molecule has 37 heavy (non-hydrogen) atoms. The molecule has 0 aliphatic heterocycles. The summed E-state index contributed by atoms with van der Waals surface area (Å²) in [6.45, 7) is 4.19. The van der Waals surface area contributed by atoms with E-state index in [0.717, 1.165) is 51.4 Å². The molecule has 0 radical (unpaired) electrons. The Morgan fingerprint density at radius 2 is 1.08 bits per heavy atom. The van der Waals surface area contributed by atoms with Gasteiger partial charge in [-0.2, -0.15) is 0 Å². The van der Waals surface area contributed by atoms with Crippen molar-refractivity contribution in [3.05, 3.63) is 48.6 Å². The first kappa shape index (κ1) is 35.4. The Morgan fingerprint density at radius 1 is 0.622 bits per heavy atom. The summed E-state index contributed by atoms with van der Waals surface area (Å²) in [7, 11) is 0. The Morgan fingerprint density at radius 3 is 1.65 bits per heavy atom. The van der Waals surface area contributed by atoms with Gasteiger partial charge in [-0.25, -0.2) is 0 Å². The number of hydrogen-bond donors (Lipinski definition) is 3. The summed E-state index contributed by atoms with van der Waals surface area (Å²) < 4.78 is 0. The molecule has 0 spiro atoms. The van der Waals surface area contributed by atoms with Crippen LogP contribution in [0.5, 0.6) is 0 Å². The SMILES string of the molecule is CCCC/C=C/CC/C=C/CC/C=C/C(O)C(CO)NC(=O)CCCCCCC/C=C\CCCCCC. The highest BCUT2D eigenvalue weighted by Gasteiger charge is 2.17. The molecule has 0 aromatic heterocycles. The third-order valence-electron chi connectivity index (χ3n) is 6.51. The van der Waals surface area contributed by atoms with E-state index in [1.54, 1.807) is 6.08 Å². The van der Waals surface area contributed by atoms with E-state index in [4.69, 9.17) is 0 Å². The number of amides is 1. The zero-order valence-corrected chi connectivity index (χ0v) is 24.2. The van der Waals surface area contributed by atoms with Gasteiger partial charge < -0.3 is 15.5 Å². The Hall–Kier alpha value is -1.65. The molecular formula is C33H59NO3. The molecule has 0 heterocycles. The van der Waals surface area contributed by atoms with Crippen LogP contribution >= 0.6 is 0 Å². The summed E-state index contributed by atoms with van der Waals surface area (Å²) in [5, 5.41) is 22.7. The van der Waals surface area contributed by atoms with Crippen molar-refractivity contribution in [1.29, 1.82) is 0 Å². The fraction of sp³-hybridized carbons (Fsp3) is 0.727. The zero-order valence-electron chi connectivity index (χ0n) is 24.2. The largest absolute Gasteiger partial charge is 0.394 e. The molecule has 2 unspecified atom stereocenters. The number of aliphatic hydroxyl groups is 2. The van der Waals surface area contributed by atoms with Crippen molar-refractivity contribution in [1.82, 2.24) is 5.32 Å². The van der Waals surface area contributed by atoms with Gasteiger partial charge in [0.05, 0.1) is 18.8 Å². The average Bonchev–Trinajstić information content (AvgIpc) is 2.90. The van der Waals surface area contributed by atoms with Crippen molar-refractivity contribution < 1.29 is 15.0 Å². The Kier molecular flexibility index (Phi) is 27.6. The topological polar surface area (TPSA) is 69.6 Å². The maximum Gasteiger partial charge on any atom is 0.220 e. The summed E-state index contributed by atoms with van der Waals surface area (Å²) >= 11 is 0. The first-order chi connectivity index (χ1) is 18.2. The summed E-state index contributed by atoms with van der Waals surface area (Å²) in [4.78, 5) is 12.2. The predicted octanol–water partition coefficient (Wildman–Crippen LogP) is 8.50. The lowest BCUT2D eigenvalue weighted by Crippen LogP contribution is -2.45. The second-order valence-electron chi connectivity index (χ2n) is 10.1. The maximum absolute atomic E-state index is 12.2. The fourth-order valence-corrected chi connectivity index (χ4v) is 4.07. The molecule has 0 saturated heterocycles. The molecule has 0 bridgehead atoms. The van der Waals surface area contributed by atoms with Crippen molar-refractivity contribution in [3.8, 4) is 0 Å². The molecule has 214 valence electrons. The molecule has 0 saturated carbocycles. The minimum Gasteiger partial charge on any atom is -0.394 e. The lowest BCUT2D eigenvalue weighted by atomic mass is 10.1. The molecule has 0 aliphatic carbocycles. The quantitative estimate of drug-likeness (QED) is 0.0795. The fourth-order valence-electron chi connectivity index (χ4n) is 4.07. The van der Waals surface area contributed by atoms with Crippen LogP contribution in [0.15, 0.2) is 48.6 Å². The van der Waals surface area contributed by atoms with Crippen LogP contribution in [0.4, 0.5) is 0 Å². The number of aliphatic hydroxyl groups excluding tert-OH is 2. The minimum absolute atomic E-state index is 0.0933. The first-order valence-corrected chi connectivity index (χ1v) is 15.4. The molecule has 0 rings (SSSR count). The van der Waals surface area contributed by atoms with Crippen LogP contribution in [0.3, 0.4) is 0 Å². The molecule has 2 atom stereocenters. The van der Waals surface area contributed by atoms with Crippen molar-refractivity contribution in [2.24, 2.45) is 0 Å². The average molecular weight is 518 g/mol. The van der Waals surface area contributed by atoms with Gasteiger partial charge in [0.25, 0.3) is 0 Å². The Bertz CT molecular complexity index is 609. The zero-order chi connectivity index (χ0) is 27.2. The molecule has 3 N–H and O–H groups in total. The summed E-state index contributed by atoms with van der Waals surface area (Å²) in [6, 6.07) is -0.646. The monoisotopic (exact) mass is 517 g/mol. The van der Waals surface area contributed by atoms with E-state index in [1.807, 2.05) is 6.08 Å². The van der Waals surface area contributed by atoms with E-state index in [0.29, 0.717) is 6.42 Å². The van der Waals surface area contributed by atoms with E-state index in [2.05, 4.69) is 55.6 Å². The van der Waals surface area contributed by atoms with Crippen LogP contribution in [0.1, 0.15) is 136 Å². The molecule has 1 amide bonds. The van der Waals surface area contributed by atoms with Crippen molar-refractivity contribution in [2.45, 2.75) is 148 Å². The number of carbonyl (C=O) groups is 1. The van der Waals surface area contributed by atoms with Gasteiger partial charge in [0.1, 0.15) is 0 Å². The third-order valence-corrected chi connectivity index (χ3v) is 6.51. The number of carbonyl (C=O) groups excluding carboxylic acids is 1. The number of allylic oxidation sites excluding steroid dienone is 7. The molecule has 0 fully saturated rings. The lowest BCUT2D eigenvalue weighted by molar-refractivity contribution is -0.123. The molecule has 0 aromatic carbocycles. The lowest BCUT2D eigenvalue weighted by Gasteiger charge is -2.19. The van der Waals surface area contributed by atoms with Gasteiger partial charge in [0.15, 0.2) is 0 Å². The minimum atomic E-state index is -0.870. The molecular weight excluding hydrogens is 458 g/mol. The Labute approximate surface area is 229 Å². The molecule has 4 nitrogen and oxygen atoms in total. The van der Waals surface area contributed by atoms with Crippen LogP contribution in [-0.4, -0.2) is 34.9 Å². The maximum atomic E-state index is 12.2. The number of nitrogens with one attached hydrogen (secondary N) is 1. The highest BCUT2D eigenvalue weighted by molar-refractivity contribution is 5.76. The second-order valence-corrected chi connectivity index (χ2v) is 10.1. The van der Waals surface area contributed by atoms with E-state index in [9.17, 15) is 15.0 Å². The van der Waals surface area contributed by atoms with Crippen LogP contribution in [0.2, 0.25) is 0 Å². The Balaban J connectivity index is 3.80. The van der Waals surface area contributed by atoms with Crippen LogP contribution < -0.4 is 5.32 Å². The van der Waals surface area contributed by atoms with Gasteiger partial charge in [0.2, 0.25) is 5.91 Å². The van der Waals surface area contributed by atoms with E-state index in [-0.39, 0.29) is 12.5 Å². The van der Waals surface area contributed by atoms with E-state index >= 15 is 0 Å². The van der Waals surface area contributed by atoms with E-state index < -0.39 is 12.1 Å². The molecule has 0 aliphatic rings. The first-order valence-electron chi connectivity index (χ1n) is 15.4. The third kappa shape index (κ3) is 25.8. The molecule has 4 heteroatoms. The summed E-state index contributed by atoms with van der Waals surface area (Å²) in [6.07, 6.45) is 37.5. The van der Waals surface area contributed by atoms with Gasteiger partial charge >= 0.3 is 0 Å². The van der Waals surface area contributed by atoms with Crippen molar-refractivity contribution in [2.75, 3.05) is 6.61 Å². The van der Waals surface area contributed by atoms with Crippen molar-refractivity contribution >= 4 is 5.91 Å². The van der Waals surface area contributed by atoms with Crippen LogP contribution in [0.25, 0.3) is 0 Å².